The van der Waals surface area contributed by atoms with Gasteiger partial charge in [-0.25, -0.2) is 13.6 Å². The predicted molar refractivity (Wildman–Crippen MR) is 75.3 cm³/mol. The normalized spacial score (nSPS) is 22.8. The van der Waals surface area contributed by atoms with Gasteiger partial charge >= 0.3 is 5.69 Å². The minimum Gasteiger partial charge on any atom is -0.484 e. The number of nitrogens with two attached hydrogens (primary N) is 2. The third-order valence-electron chi connectivity index (χ3n) is 3.47. The molecule has 1 aromatic carbocycles. The van der Waals surface area contributed by atoms with E-state index in [0.717, 1.165) is 31.7 Å². The van der Waals surface area contributed by atoms with Crippen LogP contribution in [0.2, 0.25) is 0 Å². The van der Waals surface area contributed by atoms with Gasteiger partial charge in [-0.2, -0.15) is 0 Å². The van der Waals surface area contributed by atoms with Crippen molar-refractivity contribution in [2.24, 2.45) is 10.9 Å². The summed E-state index contributed by atoms with van der Waals surface area (Å²) in [6.07, 6.45) is 2.88. The van der Waals surface area contributed by atoms with Crippen LogP contribution in [0.5, 0.6) is 5.75 Å². The zero-order chi connectivity index (χ0) is 15.6. The topological polar surface area (TPSA) is 139 Å². The van der Waals surface area contributed by atoms with E-state index in [9.17, 15) is 18.5 Å². The number of hydrogen-bond acceptors (Lipinski definition) is 6. The Morgan fingerprint density at radius 3 is 2.38 bits per heavy atom. The number of ether oxygens (including phenoxy) is 1. The summed E-state index contributed by atoms with van der Waals surface area (Å²) in [5.74, 6) is 0.0490. The maximum absolute atomic E-state index is 11.2. The SMILES string of the molecule is NC1CCC(Oc2ccc(S(N)(=O)=O)cc2[N+](=O)[O-])CC1. The fourth-order valence-electron chi connectivity index (χ4n) is 2.30. The minimum atomic E-state index is -3.99. The van der Waals surface area contributed by atoms with Crippen molar-refractivity contribution in [2.45, 2.75) is 42.7 Å². The van der Waals surface area contributed by atoms with E-state index in [-0.39, 0.29) is 22.8 Å². The number of rotatable bonds is 4. The van der Waals surface area contributed by atoms with Crippen LogP contribution in [0.4, 0.5) is 5.69 Å². The molecule has 0 amide bonds. The second kappa shape index (κ2) is 5.96. The van der Waals surface area contributed by atoms with E-state index in [1.54, 1.807) is 0 Å². The van der Waals surface area contributed by atoms with Crippen molar-refractivity contribution in [1.82, 2.24) is 0 Å². The molecule has 0 aromatic heterocycles. The second-order valence-corrected chi connectivity index (χ2v) is 6.65. The molecule has 1 aliphatic carbocycles. The molecule has 4 N–H and O–H groups in total. The lowest BCUT2D eigenvalue weighted by molar-refractivity contribution is -0.386. The number of benzene rings is 1. The van der Waals surface area contributed by atoms with Gasteiger partial charge in [0.1, 0.15) is 0 Å². The van der Waals surface area contributed by atoms with Gasteiger partial charge in [-0.3, -0.25) is 10.1 Å². The van der Waals surface area contributed by atoms with Crippen LogP contribution in [-0.2, 0) is 10.0 Å². The van der Waals surface area contributed by atoms with Gasteiger partial charge in [0, 0.05) is 12.1 Å². The molecule has 0 bridgehead atoms. The first-order chi connectivity index (χ1) is 9.77. The van der Waals surface area contributed by atoms with Crippen molar-refractivity contribution in [3.05, 3.63) is 28.3 Å². The standard InChI is InChI=1S/C12H17N3O5S/c13-8-1-3-9(4-2-8)20-12-6-5-10(21(14,18)19)7-11(12)15(16)17/h5-9H,1-4,13H2,(H2,14,18,19). The van der Waals surface area contributed by atoms with Crippen molar-refractivity contribution in [3.63, 3.8) is 0 Å². The monoisotopic (exact) mass is 315 g/mol. The Kier molecular flexibility index (Phi) is 4.45. The van der Waals surface area contributed by atoms with Crippen LogP contribution < -0.4 is 15.6 Å². The van der Waals surface area contributed by atoms with E-state index < -0.39 is 20.6 Å². The number of sulfonamides is 1. The Balaban J connectivity index is 2.25. The van der Waals surface area contributed by atoms with Crippen LogP contribution in [0.25, 0.3) is 0 Å². The lowest BCUT2D eigenvalue weighted by atomic mass is 9.94. The fourth-order valence-corrected chi connectivity index (χ4v) is 2.84. The first-order valence-electron chi connectivity index (χ1n) is 6.51. The molecule has 1 saturated carbocycles. The molecule has 0 radical (unpaired) electrons. The fraction of sp³-hybridized carbons (Fsp3) is 0.500. The molecule has 9 heteroatoms. The van der Waals surface area contributed by atoms with Gasteiger partial charge in [-0.05, 0) is 37.8 Å². The zero-order valence-corrected chi connectivity index (χ0v) is 12.1. The van der Waals surface area contributed by atoms with Gasteiger partial charge in [-0.1, -0.05) is 0 Å². The number of primary sulfonamides is 1. The number of hydrogen-bond donors (Lipinski definition) is 2. The molecule has 1 aromatic rings. The van der Waals surface area contributed by atoms with Gasteiger partial charge in [0.15, 0.2) is 5.75 Å². The molecule has 0 aliphatic heterocycles. The van der Waals surface area contributed by atoms with E-state index in [2.05, 4.69) is 0 Å². The van der Waals surface area contributed by atoms with E-state index >= 15 is 0 Å². The highest BCUT2D eigenvalue weighted by atomic mass is 32.2. The van der Waals surface area contributed by atoms with Crippen LogP contribution in [0.15, 0.2) is 23.1 Å². The average Bonchev–Trinajstić information content (AvgIpc) is 2.40. The average molecular weight is 315 g/mol. The lowest BCUT2D eigenvalue weighted by Crippen LogP contribution is -2.31. The molecule has 0 spiro atoms. The van der Waals surface area contributed by atoms with E-state index in [1.807, 2.05) is 0 Å². The highest BCUT2D eigenvalue weighted by molar-refractivity contribution is 7.89. The van der Waals surface area contributed by atoms with Gasteiger partial charge < -0.3 is 10.5 Å². The summed E-state index contributed by atoms with van der Waals surface area (Å²) >= 11 is 0. The lowest BCUT2D eigenvalue weighted by Gasteiger charge is -2.26. The number of nitro groups is 1. The summed E-state index contributed by atoms with van der Waals surface area (Å²) in [6.45, 7) is 0. The van der Waals surface area contributed by atoms with Crippen LogP contribution >= 0.6 is 0 Å². The summed E-state index contributed by atoms with van der Waals surface area (Å²) in [5, 5.41) is 16.0. The quantitative estimate of drug-likeness (QED) is 0.625. The smallest absolute Gasteiger partial charge is 0.312 e. The van der Waals surface area contributed by atoms with Crippen LogP contribution in [0.1, 0.15) is 25.7 Å². The molecule has 0 unspecified atom stereocenters. The van der Waals surface area contributed by atoms with E-state index in [0.29, 0.717) is 0 Å². The van der Waals surface area contributed by atoms with Crippen molar-refractivity contribution in [1.29, 1.82) is 0 Å². The molecule has 1 aliphatic rings. The van der Waals surface area contributed by atoms with Crippen molar-refractivity contribution in [2.75, 3.05) is 0 Å². The molecule has 21 heavy (non-hydrogen) atoms. The third-order valence-corrected chi connectivity index (χ3v) is 4.38. The maximum atomic E-state index is 11.2. The second-order valence-electron chi connectivity index (χ2n) is 5.09. The Hall–Kier alpha value is -1.71. The summed E-state index contributed by atoms with van der Waals surface area (Å²) in [4.78, 5) is 10.1. The van der Waals surface area contributed by atoms with Gasteiger partial charge in [0.05, 0.1) is 15.9 Å². The van der Waals surface area contributed by atoms with E-state index in [4.69, 9.17) is 15.6 Å². The molecule has 1 fully saturated rings. The van der Waals surface area contributed by atoms with Crippen molar-refractivity contribution < 1.29 is 18.1 Å². The molecule has 0 heterocycles. The largest absolute Gasteiger partial charge is 0.484 e. The first kappa shape index (κ1) is 15.7. The molecule has 0 atom stereocenters. The Labute approximate surface area is 122 Å². The van der Waals surface area contributed by atoms with Crippen LogP contribution in [0.3, 0.4) is 0 Å². The highest BCUT2D eigenvalue weighted by Crippen LogP contribution is 2.32. The summed E-state index contributed by atoms with van der Waals surface area (Å²) in [5.41, 5.74) is 5.39. The van der Waals surface area contributed by atoms with Crippen molar-refractivity contribution in [3.8, 4) is 5.75 Å². The number of nitro benzene ring substituents is 1. The Bertz CT molecular complexity index is 638. The summed E-state index contributed by atoms with van der Waals surface area (Å²) in [7, 11) is -3.99. The van der Waals surface area contributed by atoms with Crippen LogP contribution in [-0.4, -0.2) is 25.5 Å². The minimum absolute atomic E-state index is 0.0490. The first-order valence-corrected chi connectivity index (χ1v) is 8.05. The third kappa shape index (κ3) is 3.90. The Morgan fingerprint density at radius 2 is 1.86 bits per heavy atom. The zero-order valence-electron chi connectivity index (χ0n) is 11.3. The Morgan fingerprint density at radius 1 is 1.24 bits per heavy atom. The van der Waals surface area contributed by atoms with Crippen LogP contribution in [0, 0.1) is 10.1 Å². The number of nitrogens with zero attached hydrogens (tertiary/aromatic N) is 1. The predicted octanol–water partition coefficient (Wildman–Crippen LogP) is 0.891. The summed E-state index contributed by atoms with van der Waals surface area (Å²) in [6, 6.07) is 3.53. The maximum Gasteiger partial charge on any atom is 0.312 e. The van der Waals surface area contributed by atoms with Gasteiger partial charge in [0.2, 0.25) is 10.0 Å². The van der Waals surface area contributed by atoms with Gasteiger partial charge in [-0.15, -0.1) is 0 Å². The molecule has 2 rings (SSSR count). The molecule has 116 valence electrons. The molecule has 8 nitrogen and oxygen atoms in total. The summed E-state index contributed by atoms with van der Waals surface area (Å²) < 4.78 is 28.1. The molecular formula is C12H17N3O5S. The molecular weight excluding hydrogens is 298 g/mol. The molecule has 0 saturated heterocycles. The highest BCUT2D eigenvalue weighted by Gasteiger charge is 2.25. The van der Waals surface area contributed by atoms with E-state index in [1.165, 1.54) is 12.1 Å². The van der Waals surface area contributed by atoms with Crippen molar-refractivity contribution >= 4 is 15.7 Å². The van der Waals surface area contributed by atoms with Gasteiger partial charge in [0.25, 0.3) is 0 Å².